The predicted octanol–water partition coefficient (Wildman–Crippen LogP) is 2.44. The fourth-order valence-corrected chi connectivity index (χ4v) is 2.09. The van der Waals surface area contributed by atoms with Crippen molar-refractivity contribution in [3.8, 4) is 12.1 Å². The van der Waals surface area contributed by atoms with E-state index in [1.807, 2.05) is 35.2 Å². The first-order valence-electron chi connectivity index (χ1n) is 7.17. The molecule has 1 aromatic heterocycles. The standard InChI is InChI=1S/C16H17N7/c17-8-4-10-23(11-5-9-18)16-14(19)15(20-12-21-16)22-13-6-2-1-3-7-13/h1-3,6-7,12H,4-5,10-11,19H2,(H,20,21,22). The summed E-state index contributed by atoms with van der Waals surface area (Å²) in [7, 11) is 0. The molecule has 0 saturated heterocycles. The molecule has 0 aliphatic rings. The van der Waals surface area contributed by atoms with Gasteiger partial charge in [0, 0.05) is 18.8 Å². The van der Waals surface area contributed by atoms with Crippen LogP contribution in [0.15, 0.2) is 36.7 Å². The van der Waals surface area contributed by atoms with Gasteiger partial charge in [0.2, 0.25) is 0 Å². The summed E-state index contributed by atoms with van der Waals surface area (Å²) < 4.78 is 0. The Morgan fingerprint density at radius 2 is 1.70 bits per heavy atom. The van der Waals surface area contributed by atoms with Gasteiger partial charge in [0.05, 0.1) is 25.0 Å². The van der Waals surface area contributed by atoms with Crippen molar-refractivity contribution < 1.29 is 0 Å². The van der Waals surface area contributed by atoms with Gasteiger partial charge in [-0.2, -0.15) is 10.5 Å². The van der Waals surface area contributed by atoms with E-state index in [0.717, 1.165) is 5.69 Å². The van der Waals surface area contributed by atoms with Gasteiger partial charge in [0.15, 0.2) is 11.6 Å². The van der Waals surface area contributed by atoms with Crippen molar-refractivity contribution in [2.45, 2.75) is 12.8 Å². The number of nitrogens with one attached hydrogen (secondary N) is 1. The monoisotopic (exact) mass is 307 g/mol. The Morgan fingerprint density at radius 1 is 1.04 bits per heavy atom. The Hall–Kier alpha value is -3.32. The molecule has 0 bridgehead atoms. The van der Waals surface area contributed by atoms with Crippen LogP contribution in [-0.2, 0) is 0 Å². The Labute approximate surface area is 135 Å². The summed E-state index contributed by atoms with van der Waals surface area (Å²) in [5.74, 6) is 1.03. The average Bonchev–Trinajstić information content (AvgIpc) is 2.58. The van der Waals surface area contributed by atoms with Crippen LogP contribution in [0.3, 0.4) is 0 Å². The molecule has 7 heteroatoms. The number of nitrogen functional groups attached to an aromatic ring is 1. The van der Waals surface area contributed by atoms with Crippen LogP contribution in [-0.4, -0.2) is 23.1 Å². The van der Waals surface area contributed by atoms with Crippen molar-refractivity contribution in [1.29, 1.82) is 10.5 Å². The topological polar surface area (TPSA) is 115 Å². The highest BCUT2D eigenvalue weighted by Gasteiger charge is 2.15. The molecule has 23 heavy (non-hydrogen) atoms. The highest BCUT2D eigenvalue weighted by atomic mass is 15.2. The van der Waals surface area contributed by atoms with Crippen LogP contribution in [0.2, 0.25) is 0 Å². The summed E-state index contributed by atoms with van der Waals surface area (Å²) in [5, 5.41) is 20.7. The lowest BCUT2D eigenvalue weighted by atomic mass is 10.3. The van der Waals surface area contributed by atoms with Gasteiger partial charge in [-0.15, -0.1) is 0 Å². The molecule has 0 aliphatic heterocycles. The lowest BCUT2D eigenvalue weighted by Gasteiger charge is -2.23. The van der Waals surface area contributed by atoms with Gasteiger partial charge in [-0.05, 0) is 12.1 Å². The van der Waals surface area contributed by atoms with E-state index in [4.69, 9.17) is 16.3 Å². The second-order valence-electron chi connectivity index (χ2n) is 4.75. The highest BCUT2D eigenvalue weighted by Crippen LogP contribution is 2.28. The van der Waals surface area contributed by atoms with Crippen molar-refractivity contribution in [1.82, 2.24) is 9.97 Å². The summed E-state index contributed by atoms with van der Waals surface area (Å²) in [4.78, 5) is 10.2. The normalized spacial score (nSPS) is 9.65. The third-order valence-electron chi connectivity index (χ3n) is 3.19. The smallest absolute Gasteiger partial charge is 0.159 e. The summed E-state index contributed by atoms with van der Waals surface area (Å²) in [6, 6.07) is 13.7. The molecule has 7 nitrogen and oxygen atoms in total. The first-order valence-corrected chi connectivity index (χ1v) is 7.17. The largest absolute Gasteiger partial charge is 0.393 e. The number of nitrogens with zero attached hydrogens (tertiary/aromatic N) is 5. The van der Waals surface area contributed by atoms with Crippen molar-refractivity contribution in [2.24, 2.45) is 0 Å². The van der Waals surface area contributed by atoms with E-state index in [1.165, 1.54) is 6.33 Å². The van der Waals surface area contributed by atoms with E-state index in [-0.39, 0.29) is 0 Å². The Morgan fingerprint density at radius 3 is 2.30 bits per heavy atom. The molecule has 1 aromatic carbocycles. The Balaban J connectivity index is 2.25. The van der Waals surface area contributed by atoms with E-state index < -0.39 is 0 Å². The summed E-state index contributed by atoms with van der Waals surface area (Å²) in [6.45, 7) is 0.925. The van der Waals surface area contributed by atoms with Crippen molar-refractivity contribution >= 4 is 23.0 Å². The van der Waals surface area contributed by atoms with Crippen LogP contribution < -0.4 is 16.0 Å². The summed E-state index contributed by atoms with van der Waals surface area (Å²) >= 11 is 0. The van der Waals surface area contributed by atoms with E-state index in [1.54, 1.807) is 0 Å². The molecular formula is C16H17N7. The zero-order valence-corrected chi connectivity index (χ0v) is 12.6. The van der Waals surface area contributed by atoms with Gasteiger partial charge in [-0.3, -0.25) is 0 Å². The lowest BCUT2D eigenvalue weighted by molar-refractivity contribution is 0.782. The molecule has 2 aromatic rings. The van der Waals surface area contributed by atoms with Crippen LogP contribution >= 0.6 is 0 Å². The molecule has 2 rings (SSSR count). The molecule has 0 unspecified atom stereocenters. The molecule has 0 spiro atoms. The van der Waals surface area contributed by atoms with E-state index in [0.29, 0.717) is 43.3 Å². The van der Waals surface area contributed by atoms with Crippen LogP contribution in [0.4, 0.5) is 23.0 Å². The molecule has 3 N–H and O–H groups in total. The highest BCUT2D eigenvalue weighted by molar-refractivity contribution is 5.78. The fraction of sp³-hybridized carbons (Fsp3) is 0.250. The minimum absolute atomic E-state index is 0.330. The molecule has 0 amide bonds. The third-order valence-corrected chi connectivity index (χ3v) is 3.19. The van der Waals surface area contributed by atoms with Gasteiger partial charge in [0.25, 0.3) is 0 Å². The maximum atomic E-state index is 8.79. The van der Waals surface area contributed by atoms with Gasteiger partial charge in [-0.25, -0.2) is 9.97 Å². The average molecular weight is 307 g/mol. The van der Waals surface area contributed by atoms with Crippen molar-refractivity contribution in [3.63, 3.8) is 0 Å². The zero-order chi connectivity index (χ0) is 16.5. The van der Waals surface area contributed by atoms with E-state index in [9.17, 15) is 0 Å². The Bertz CT molecular complexity index is 697. The maximum absolute atomic E-state index is 8.79. The van der Waals surface area contributed by atoms with Crippen molar-refractivity contribution in [3.05, 3.63) is 36.7 Å². The first kappa shape index (κ1) is 16.1. The molecule has 0 radical (unpaired) electrons. The lowest BCUT2D eigenvalue weighted by Crippen LogP contribution is -2.27. The summed E-state index contributed by atoms with van der Waals surface area (Å²) in [6.07, 6.45) is 2.08. The van der Waals surface area contributed by atoms with Crippen molar-refractivity contribution in [2.75, 3.05) is 29.0 Å². The maximum Gasteiger partial charge on any atom is 0.159 e. The number of aromatic nitrogens is 2. The van der Waals surface area contributed by atoms with Gasteiger partial charge >= 0.3 is 0 Å². The van der Waals surface area contributed by atoms with Gasteiger partial charge in [-0.1, -0.05) is 18.2 Å². The third kappa shape index (κ3) is 4.32. The van der Waals surface area contributed by atoms with Crippen LogP contribution in [0.25, 0.3) is 0 Å². The van der Waals surface area contributed by atoms with Gasteiger partial charge in [0.1, 0.15) is 12.0 Å². The first-order chi connectivity index (χ1) is 11.3. The SMILES string of the molecule is N#CCCN(CCC#N)c1ncnc(Nc2ccccc2)c1N. The number of para-hydroxylation sites is 1. The Kier molecular flexibility index (Phi) is 5.73. The molecule has 0 aliphatic carbocycles. The number of anilines is 4. The fourth-order valence-electron chi connectivity index (χ4n) is 2.09. The van der Waals surface area contributed by atoms with E-state index in [2.05, 4.69) is 27.4 Å². The van der Waals surface area contributed by atoms with Crippen LogP contribution in [0, 0.1) is 22.7 Å². The zero-order valence-electron chi connectivity index (χ0n) is 12.6. The second kappa shape index (κ2) is 8.20. The minimum atomic E-state index is 0.330. The van der Waals surface area contributed by atoms with Crippen LogP contribution in [0.5, 0.6) is 0 Å². The molecule has 0 fully saturated rings. The number of hydrogen-bond donors (Lipinski definition) is 2. The predicted molar refractivity (Wildman–Crippen MR) is 88.8 cm³/mol. The minimum Gasteiger partial charge on any atom is -0.393 e. The van der Waals surface area contributed by atoms with Crippen LogP contribution in [0.1, 0.15) is 12.8 Å². The van der Waals surface area contributed by atoms with E-state index >= 15 is 0 Å². The molecular weight excluding hydrogens is 290 g/mol. The quantitative estimate of drug-likeness (QED) is 0.807. The molecule has 1 heterocycles. The second-order valence-corrected chi connectivity index (χ2v) is 4.75. The summed E-state index contributed by atoms with van der Waals surface area (Å²) in [5.41, 5.74) is 7.44. The van der Waals surface area contributed by atoms with Gasteiger partial charge < -0.3 is 16.0 Å². The number of rotatable bonds is 7. The number of benzene rings is 1. The molecule has 0 saturated carbocycles. The molecule has 0 atom stereocenters. The number of nitrogens with two attached hydrogens (primary N) is 1. The molecule has 116 valence electrons. The number of nitriles is 2. The number of hydrogen-bond acceptors (Lipinski definition) is 7.